The smallest absolute Gasteiger partial charge is 0.404 e. The number of benzene rings is 1. The van der Waals surface area contributed by atoms with Gasteiger partial charge < -0.3 is 9.42 Å². The molecule has 2 atom stereocenters. The molecule has 0 saturated carbocycles. The van der Waals surface area contributed by atoms with Gasteiger partial charge in [-0.05, 0) is 42.0 Å². The second kappa shape index (κ2) is 5.08. The lowest BCUT2D eigenvalue weighted by molar-refractivity contribution is -0.132. The van der Waals surface area contributed by atoms with E-state index in [-0.39, 0.29) is 17.1 Å². The third-order valence-electron chi connectivity index (χ3n) is 4.66. The van der Waals surface area contributed by atoms with Crippen molar-refractivity contribution in [1.82, 2.24) is 4.90 Å². The van der Waals surface area contributed by atoms with E-state index in [2.05, 4.69) is 11.4 Å². The number of carbonyl (C=O) groups is 1. The van der Waals surface area contributed by atoms with Crippen molar-refractivity contribution in [1.29, 1.82) is 0 Å². The Morgan fingerprint density at radius 1 is 1.45 bits per heavy atom. The molecule has 1 fully saturated rings. The summed E-state index contributed by atoms with van der Waals surface area (Å²) >= 11 is 0. The van der Waals surface area contributed by atoms with Crippen LogP contribution in [0.2, 0.25) is 0 Å². The number of phosphoric ester groups is 1. The molecule has 3 rings (SSSR count). The number of carbonyl (C=O) groups excluding carboxylic acids is 1. The van der Waals surface area contributed by atoms with Crippen LogP contribution in [0.4, 0.5) is 0 Å². The van der Waals surface area contributed by atoms with E-state index < -0.39 is 7.82 Å². The first-order chi connectivity index (χ1) is 10.2. The molecular formula is C15H20NO5P. The summed E-state index contributed by atoms with van der Waals surface area (Å²) < 4.78 is 15.7. The van der Waals surface area contributed by atoms with Gasteiger partial charge >= 0.3 is 7.82 Å². The number of phosphoric acid groups is 1. The lowest BCUT2D eigenvalue weighted by Gasteiger charge is -2.49. The standard InChI is InChI=1S/C15H20NO5P/c1-10(17)16-8-11-5-12-6-13(21-22(18,19)20)3-4-14(12)15(2,7-11)9-16/h3-4,6,11H,5,7-9H2,1-2H3,(H2,18,19,20)/t11-,15+/m1/s1. The Morgan fingerprint density at radius 2 is 2.18 bits per heavy atom. The average molecular weight is 325 g/mol. The van der Waals surface area contributed by atoms with Crippen molar-refractivity contribution in [2.45, 2.75) is 32.1 Å². The van der Waals surface area contributed by atoms with Gasteiger partial charge in [0.1, 0.15) is 5.75 Å². The fourth-order valence-electron chi connectivity index (χ4n) is 3.97. The third-order valence-corrected chi connectivity index (χ3v) is 5.11. The maximum atomic E-state index is 11.7. The zero-order valence-electron chi connectivity index (χ0n) is 12.7. The van der Waals surface area contributed by atoms with Gasteiger partial charge in [0, 0.05) is 25.4 Å². The molecule has 22 heavy (non-hydrogen) atoms. The van der Waals surface area contributed by atoms with E-state index in [1.807, 2.05) is 11.0 Å². The largest absolute Gasteiger partial charge is 0.524 e. The quantitative estimate of drug-likeness (QED) is 0.810. The molecule has 0 spiro atoms. The SMILES string of the molecule is CC(=O)N1C[C@@H]2Cc3cc(OP(=O)(O)O)ccc3[C@@](C)(C2)C1. The van der Waals surface area contributed by atoms with Crippen molar-refractivity contribution < 1.29 is 23.7 Å². The first-order valence-corrected chi connectivity index (χ1v) is 8.83. The fourth-order valence-corrected chi connectivity index (χ4v) is 4.36. The maximum Gasteiger partial charge on any atom is 0.524 e. The van der Waals surface area contributed by atoms with E-state index >= 15 is 0 Å². The summed E-state index contributed by atoms with van der Waals surface area (Å²) in [5.74, 6) is 0.667. The summed E-state index contributed by atoms with van der Waals surface area (Å²) in [7, 11) is -4.54. The van der Waals surface area contributed by atoms with Crippen LogP contribution in [0.1, 0.15) is 31.4 Å². The van der Waals surface area contributed by atoms with E-state index in [0.717, 1.165) is 30.5 Å². The van der Waals surface area contributed by atoms with E-state index in [9.17, 15) is 9.36 Å². The topological polar surface area (TPSA) is 87.1 Å². The van der Waals surface area contributed by atoms with Gasteiger partial charge in [-0.15, -0.1) is 0 Å². The molecule has 0 unspecified atom stereocenters. The van der Waals surface area contributed by atoms with Crippen LogP contribution in [0.3, 0.4) is 0 Å². The summed E-state index contributed by atoms with van der Waals surface area (Å²) in [5, 5.41) is 0. The van der Waals surface area contributed by atoms with Crippen LogP contribution in [0, 0.1) is 5.92 Å². The minimum Gasteiger partial charge on any atom is -0.404 e. The highest BCUT2D eigenvalue weighted by atomic mass is 31.2. The van der Waals surface area contributed by atoms with Gasteiger partial charge in [-0.1, -0.05) is 13.0 Å². The minimum absolute atomic E-state index is 0.0980. The average Bonchev–Trinajstić information content (AvgIpc) is 2.35. The molecule has 0 aromatic heterocycles. The number of rotatable bonds is 2. The molecule has 120 valence electrons. The predicted octanol–water partition coefficient (Wildman–Crippen LogP) is 1.84. The van der Waals surface area contributed by atoms with Crippen LogP contribution >= 0.6 is 7.82 Å². The molecule has 1 aliphatic carbocycles. The van der Waals surface area contributed by atoms with Crippen LogP contribution in [0.15, 0.2) is 18.2 Å². The summed E-state index contributed by atoms with van der Waals surface area (Å²) in [6, 6.07) is 5.19. The fraction of sp³-hybridized carbons (Fsp3) is 0.533. The minimum atomic E-state index is -4.54. The Labute approximate surface area is 129 Å². The Morgan fingerprint density at radius 3 is 2.82 bits per heavy atom. The molecule has 1 heterocycles. The first kappa shape index (κ1) is 15.5. The number of likely N-dealkylation sites (tertiary alicyclic amines) is 1. The molecule has 2 bridgehead atoms. The molecule has 7 heteroatoms. The van der Waals surface area contributed by atoms with E-state index in [4.69, 9.17) is 9.79 Å². The normalized spacial score (nSPS) is 27.3. The molecule has 1 saturated heterocycles. The monoisotopic (exact) mass is 325 g/mol. The molecule has 1 aromatic carbocycles. The van der Waals surface area contributed by atoms with Gasteiger partial charge in [-0.3, -0.25) is 14.6 Å². The number of piperidine rings is 1. The highest BCUT2D eigenvalue weighted by Gasteiger charge is 2.43. The van der Waals surface area contributed by atoms with Crippen LogP contribution in [0.25, 0.3) is 0 Å². The number of hydrogen-bond donors (Lipinski definition) is 2. The first-order valence-electron chi connectivity index (χ1n) is 7.30. The van der Waals surface area contributed by atoms with Gasteiger partial charge in [0.15, 0.2) is 0 Å². The Kier molecular flexibility index (Phi) is 3.59. The Bertz CT molecular complexity index is 670. The number of hydrogen-bond acceptors (Lipinski definition) is 3. The van der Waals surface area contributed by atoms with Crippen molar-refractivity contribution in [2.24, 2.45) is 5.92 Å². The summed E-state index contributed by atoms with van der Waals surface area (Å²) in [5.41, 5.74) is 2.10. The molecule has 2 N–H and O–H groups in total. The highest BCUT2D eigenvalue weighted by molar-refractivity contribution is 7.46. The van der Waals surface area contributed by atoms with E-state index in [1.54, 1.807) is 19.1 Å². The van der Waals surface area contributed by atoms with Crippen molar-refractivity contribution in [3.8, 4) is 5.75 Å². The summed E-state index contributed by atoms with van der Waals surface area (Å²) in [6.07, 6.45) is 1.83. The predicted molar refractivity (Wildman–Crippen MR) is 80.5 cm³/mol. The Hall–Kier alpha value is -1.36. The van der Waals surface area contributed by atoms with Crippen molar-refractivity contribution in [3.05, 3.63) is 29.3 Å². The summed E-state index contributed by atoms with van der Waals surface area (Å²) in [6.45, 7) is 5.18. The zero-order chi connectivity index (χ0) is 16.1. The van der Waals surface area contributed by atoms with Crippen LogP contribution in [-0.4, -0.2) is 33.7 Å². The van der Waals surface area contributed by atoms with Crippen LogP contribution < -0.4 is 4.52 Å². The van der Waals surface area contributed by atoms with E-state index in [1.165, 1.54) is 0 Å². The van der Waals surface area contributed by atoms with Crippen molar-refractivity contribution >= 4 is 13.7 Å². The molecular weight excluding hydrogens is 305 g/mol. The summed E-state index contributed by atoms with van der Waals surface area (Å²) in [4.78, 5) is 31.5. The van der Waals surface area contributed by atoms with Crippen LogP contribution in [-0.2, 0) is 21.2 Å². The maximum absolute atomic E-state index is 11.7. The van der Waals surface area contributed by atoms with Gasteiger partial charge in [-0.2, -0.15) is 0 Å². The second-order valence-corrected chi connectivity index (χ2v) is 7.80. The third kappa shape index (κ3) is 2.91. The molecule has 6 nitrogen and oxygen atoms in total. The number of amides is 1. The Balaban J connectivity index is 1.95. The van der Waals surface area contributed by atoms with Crippen molar-refractivity contribution in [2.75, 3.05) is 13.1 Å². The van der Waals surface area contributed by atoms with Gasteiger partial charge in [0.25, 0.3) is 0 Å². The lowest BCUT2D eigenvalue weighted by Crippen LogP contribution is -2.53. The molecule has 2 aliphatic rings. The molecule has 0 radical (unpaired) electrons. The van der Waals surface area contributed by atoms with Gasteiger partial charge in [0.2, 0.25) is 5.91 Å². The lowest BCUT2D eigenvalue weighted by atomic mass is 9.64. The molecule has 1 aliphatic heterocycles. The van der Waals surface area contributed by atoms with Gasteiger partial charge in [0.05, 0.1) is 0 Å². The van der Waals surface area contributed by atoms with Gasteiger partial charge in [-0.25, -0.2) is 4.57 Å². The second-order valence-electron chi connectivity index (χ2n) is 6.64. The molecule has 1 amide bonds. The van der Waals surface area contributed by atoms with E-state index in [0.29, 0.717) is 12.5 Å². The highest BCUT2D eigenvalue weighted by Crippen LogP contribution is 2.46. The van der Waals surface area contributed by atoms with Crippen LogP contribution in [0.5, 0.6) is 5.75 Å². The van der Waals surface area contributed by atoms with Crippen molar-refractivity contribution in [3.63, 3.8) is 0 Å². The number of fused-ring (bicyclic) bond motifs is 4. The zero-order valence-corrected chi connectivity index (χ0v) is 13.5. The number of nitrogens with zero attached hydrogens (tertiary/aromatic N) is 1. The molecule has 1 aromatic rings.